The highest BCUT2D eigenvalue weighted by Gasteiger charge is 2.36. The molecule has 2 rings (SSSR count). The van der Waals surface area contributed by atoms with E-state index in [-0.39, 0.29) is 6.54 Å². The van der Waals surface area contributed by atoms with Crippen LogP contribution in [0.2, 0.25) is 0 Å². The predicted molar refractivity (Wildman–Crippen MR) is 81.2 cm³/mol. The number of alkyl halides is 3. The molecule has 0 spiro atoms. The number of carbonyl (C=O) groups excluding carboxylic acids is 1. The van der Waals surface area contributed by atoms with E-state index in [2.05, 4.69) is 10.3 Å². The van der Waals surface area contributed by atoms with Crippen LogP contribution in [0.4, 0.5) is 13.2 Å². The molecule has 1 N–H and O–H groups in total. The molecule has 6 heteroatoms. The molecule has 0 saturated carbocycles. The molecule has 1 aromatic heterocycles. The van der Waals surface area contributed by atoms with Crippen LogP contribution in [-0.2, 0) is 12.6 Å². The van der Waals surface area contributed by atoms with E-state index in [9.17, 15) is 18.0 Å². The van der Waals surface area contributed by atoms with Crippen molar-refractivity contribution in [2.75, 3.05) is 6.54 Å². The Hall–Kier alpha value is -2.37. The largest absolute Gasteiger partial charge is 0.434 e. The van der Waals surface area contributed by atoms with Crippen molar-refractivity contribution in [2.24, 2.45) is 0 Å². The molecule has 1 amide bonds. The molecule has 1 heterocycles. The molecule has 0 aliphatic carbocycles. The van der Waals surface area contributed by atoms with Gasteiger partial charge in [0.25, 0.3) is 5.91 Å². The van der Waals surface area contributed by atoms with Gasteiger partial charge in [0, 0.05) is 12.7 Å². The zero-order valence-electron chi connectivity index (χ0n) is 12.9. The molecule has 23 heavy (non-hydrogen) atoms. The van der Waals surface area contributed by atoms with Gasteiger partial charge < -0.3 is 5.32 Å². The van der Waals surface area contributed by atoms with Crippen LogP contribution < -0.4 is 5.32 Å². The second-order valence-corrected chi connectivity index (χ2v) is 5.27. The fourth-order valence-electron chi connectivity index (χ4n) is 2.45. The van der Waals surface area contributed by atoms with Gasteiger partial charge >= 0.3 is 6.18 Å². The molecular weight excluding hydrogens is 305 g/mol. The van der Waals surface area contributed by atoms with Crippen LogP contribution >= 0.6 is 0 Å². The van der Waals surface area contributed by atoms with Gasteiger partial charge in [-0.15, -0.1) is 0 Å². The van der Waals surface area contributed by atoms with Gasteiger partial charge in [0.15, 0.2) is 5.69 Å². The van der Waals surface area contributed by atoms with Gasteiger partial charge in [-0.3, -0.25) is 9.78 Å². The first kappa shape index (κ1) is 17.0. The molecule has 0 fully saturated rings. The molecule has 122 valence electrons. The highest BCUT2D eigenvalue weighted by atomic mass is 19.4. The summed E-state index contributed by atoms with van der Waals surface area (Å²) in [4.78, 5) is 15.3. The lowest BCUT2D eigenvalue weighted by atomic mass is 10.0. The summed E-state index contributed by atoms with van der Waals surface area (Å²) in [6.07, 6.45) is -3.07. The molecule has 0 bridgehead atoms. The average molecular weight is 322 g/mol. The monoisotopic (exact) mass is 322 g/mol. The number of pyridine rings is 1. The summed E-state index contributed by atoms with van der Waals surface area (Å²) in [6, 6.07) is 8.32. The summed E-state index contributed by atoms with van der Waals surface area (Å²) in [5.41, 5.74) is 1.66. The molecule has 1 aromatic carbocycles. The number of nitrogens with zero attached hydrogens (tertiary/aromatic N) is 1. The Morgan fingerprint density at radius 1 is 1.13 bits per heavy atom. The van der Waals surface area contributed by atoms with Crippen LogP contribution in [0.25, 0.3) is 0 Å². The number of rotatable bonds is 4. The summed E-state index contributed by atoms with van der Waals surface area (Å²) < 4.78 is 38.6. The smallest absolute Gasteiger partial charge is 0.352 e. The third-order valence-electron chi connectivity index (χ3n) is 3.63. The first-order valence-corrected chi connectivity index (χ1v) is 7.16. The fraction of sp³-hybridized carbons (Fsp3) is 0.294. The third kappa shape index (κ3) is 4.09. The fourth-order valence-corrected chi connectivity index (χ4v) is 2.45. The Bertz CT molecular complexity index is 691. The molecule has 3 nitrogen and oxygen atoms in total. The number of nitrogens with one attached hydrogen (secondary N) is 1. The quantitative estimate of drug-likeness (QED) is 0.933. The van der Waals surface area contributed by atoms with Crippen molar-refractivity contribution in [3.8, 4) is 0 Å². The van der Waals surface area contributed by atoms with Crippen LogP contribution in [0.15, 0.2) is 36.5 Å². The number of halogens is 3. The number of amides is 1. The second-order valence-electron chi connectivity index (χ2n) is 5.27. The molecular formula is C17H17F3N2O. The van der Waals surface area contributed by atoms with Gasteiger partial charge in [0.1, 0.15) is 0 Å². The topological polar surface area (TPSA) is 42.0 Å². The van der Waals surface area contributed by atoms with Crippen LogP contribution in [0.1, 0.15) is 32.7 Å². The molecule has 0 unspecified atom stereocenters. The molecule has 0 aliphatic heterocycles. The van der Waals surface area contributed by atoms with E-state index in [0.717, 1.165) is 29.0 Å². The van der Waals surface area contributed by atoms with E-state index in [1.54, 1.807) is 0 Å². The van der Waals surface area contributed by atoms with Gasteiger partial charge in [0.05, 0.1) is 5.56 Å². The minimum absolute atomic E-state index is 0.261. The molecule has 0 radical (unpaired) electrons. The van der Waals surface area contributed by atoms with Gasteiger partial charge in [-0.25, -0.2) is 0 Å². The van der Waals surface area contributed by atoms with Crippen molar-refractivity contribution in [3.63, 3.8) is 0 Å². The Morgan fingerprint density at radius 2 is 1.78 bits per heavy atom. The number of aryl methyl sites for hydroxylation is 2. The van der Waals surface area contributed by atoms with Crippen LogP contribution in [0.3, 0.4) is 0 Å². The van der Waals surface area contributed by atoms with E-state index in [1.165, 1.54) is 6.07 Å². The SMILES string of the molecule is Cc1cccc(C)c1CCNC(=O)c1cccnc1C(F)(F)F. The normalized spacial score (nSPS) is 11.3. The maximum absolute atomic E-state index is 12.9. The summed E-state index contributed by atoms with van der Waals surface area (Å²) in [7, 11) is 0. The van der Waals surface area contributed by atoms with E-state index in [4.69, 9.17) is 0 Å². The third-order valence-corrected chi connectivity index (χ3v) is 3.63. The van der Waals surface area contributed by atoms with E-state index >= 15 is 0 Å². The first-order valence-electron chi connectivity index (χ1n) is 7.16. The van der Waals surface area contributed by atoms with Crippen molar-refractivity contribution in [1.29, 1.82) is 0 Å². The Balaban J connectivity index is 2.07. The lowest BCUT2D eigenvalue weighted by Crippen LogP contribution is -2.29. The van der Waals surface area contributed by atoms with Crippen molar-refractivity contribution in [2.45, 2.75) is 26.4 Å². The van der Waals surface area contributed by atoms with Gasteiger partial charge in [-0.1, -0.05) is 18.2 Å². The van der Waals surface area contributed by atoms with Gasteiger partial charge in [-0.2, -0.15) is 13.2 Å². The van der Waals surface area contributed by atoms with Crippen molar-refractivity contribution in [3.05, 3.63) is 64.5 Å². The number of aromatic nitrogens is 1. The van der Waals surface area contributed by atoms with Crippen molar-refractivity contribution < 1.29 is 18.0 Å². The molecule has 0 atom stereocenters. The minimum Gasteiger partial charge on any atom is -0.352 e. The van der Waals surface area contributed by atoms with E-state index in [0.29, 0.717) is 6.42 Å². The Morgan fingerprint density at radius 3 is 2.39 bits per heavy atom. The van der Waals surface area contributed by atoms with E-state index in [1.807, 2.05) is 32.0 Å². The minimum atomic E-state index is -4.65. The Labute approximate surface area is 132 Å². The highest BCUT2D eigenvalue weighted by Crippen LogP contribution is 2.29. The van der Waals surface area contributed by atoms with E-state index < -0.39 is 23.3 Å². The number of benzene rings is 1. The second kappa shape index (κ2) is 6.81. The lowest BCUT2D eigenvalue weighted by Gasteiger charge is -2.13. The zero-order chi connectivity index (χ0) is 17.0. The molecule has 0 saturated heterocycles. The van der Waals surface area contributed by atoms with Gasteiger partial charge in [0.2, 0.25) is 0 Å². The lowest BCUT2D eigenvalue weighted by molar-refractivity contribution is -0.141. The zero-order valence-corrected chi connectivity index (χ0v) is 12.9. The summed E-state index contributed by atoms with van der Waals surface area (Å²) in [6.45, 7) is 4.19. The maximum atomic E-state index is 12.9. The highest BCUT2D eigenvalue weighted by molar-refractivity contribution is 5.95. The molecule has 2 aromatic rings. The number of hydrogen-bond acceptors (Lipinski definition) is 2. The summed E-state index contributed by atoms with van der Waals surface area (Å²) in [5.74, 6) is -0.767. The van der Waals surface area contributed by atoms with Gasteiger partial charge in [-0.05, 0) is 49.1 Å². The average Bonchev–Trinajstić information content (AvgIpc) is 2.49. The standard InChI is InChI=1S/C17H17F3N2O/c1-11-5-3-6-12(2)13(11)8-10-22-16(23)14-7-4-9-21-15(14)17(18,19)20/h3-7,9H,8,10H2,1-2H3,(H,22,23). The van der Waals surface area contributed by atoms with Crippen molar-refractivity contribution >= 4 is 5.91 Å². The molecule has 0 aliphatic rings. The summed E-state index contributed by atoms with van der Waals surface area (Å²) in [5, 5.41) is 2.54. The number of carbonyl (C=O) groups is 1. The van der Waals surface area contributed by atoms with Crippen LogP contribution in [-0.4, -0.2) is 17.4 Å². The first-order chi connectivity index (χ1) is 10.8. The van der Waals surface area contributed by atoms with Crippen molar-refractivity contribution in [1.82, 2.24) is 10.3 Å². The van der Waals surface area contributed by atoms with Crippen LogP contribution in [0.5, 0.6) is 0 Å². The predicted octanol–water partition coefficient (Wildman–Crippen LogP) is 3.69. The maximum Gasteiger partial charge on any atom is 0.434 e. The van der Waals surface area contributed by atoms with Crippen LogP contribution in [0, 0.1) is 13.8 Å². The summed E-state index contributed by atoms with van der Waals surface area (Å²) >= 11 is 0. The Kier molecular flexibility index (Phi) is 5.03. The number of hydrogen-bond donors (Lipinski definition) is 1.